The van der Waals surface area contributed by atoms with Crippen LogP contribution >= 0.6 is 0 Å². The van der Waals surface area contributed by atoms with Gasteiger partial charge in [-0.2, -0.15) is 5.10 Å². The SMILES string of the molecule is CCn1nc(C)c(N)c1NCC1CCCCC1. The van der Waals surface area contributed by atoms with Crippen LogP contribution in [0.1, 0.15) is 44.7 Å². The molecule has 1 aromatic heterocycles. The molecular formula is C13H24N4. The Labute approximate surface area is 104 Å². The van der Waals surface area contributed by atoms with Gasteiger partial charge in [-0.25, -0.2) is 4.68 Å². The highest BCUT2D eigenvalue weighted by atomic mass is 15.3. The molecule has 3 N–H and O–H groups in total. The van der Waals surface area contributed by atoms with Crippen LogP contribution < -0.4 is 11.1 Å². The van der Waals surface area contributed by atoms with E-state index >= 15 is 0 Å². The summed E-state index contributed by atoms with van der Waals surface area (Å²) in [6.45, 7) is 5.96. The van der Waals surface area contributed by atoms with Crippen LogP contribution in [0.2, 0.25) is 0 Å². The monoisotopic (exact) mass is 236 g/mol. The summed E-state index contributed by atoms with van der Waals surface area (Å²) >= 11 is 0. The first-order valence-corrected chi connectivity index (χ1v) is 6.79. The zero-order valence-corrected chi connectivity index (χ0v) is 11.0. The molecule has 96 valence electrons. The molecule has 17 heavy (non-hydrogen) atoms. The molecule has 1 aliphatic rings. The van der Waals surface area contributed by atoms with Crippen molar-refractivity contribution in [3.63, 3.8) is 0 Å². The summed E-state index contributed by atoms with van der Waals surface area (Å²) in [6.07, 6.45) is 6.88. The summed E-state index contributed by atoms with van der Waals surface area (Å²) in [6, 6.07) is 0. The van der Waals surface area contributed by atoms with Gasteiger partial charge in [0.05, 0.1) is 11.4 Å². The number of nitrogens with two attached hydrogens (primary N) is 1. The maximum Gasteiger partial charge on any atom is 0.148 e. The average molecular weight is 236 g/mol. The molecule has 0 aliphatic heterocycles. The predicted molar refractivity (Wildman–Crippen MR) is 72.1 cm³/mol. The van der Waals surface area contributed by atoms with Gasteiger partial charge in [0.1, 0.15) is 5.82 Å². The summed E-state index contributed by atoms with van der Waals surface area (Å²) in [5.74, 6) is 1.82. The van der Waals surface area contributed by atoms with Gasteiger partial charge >= 0.3 is 0 Å². The van der Waals surface area contributed by atoms with Crippen molar-refractivity contribution in [1.29, 1.82) is 0 Å². The molecule has 1 aliphatic carbocycles. The van der Waals surface area contributed by atoms with E-state index in [0.29, 0.717) is 0 Å². The third-order valence-electron chi connectivity index (χ3n) is 3.76. The fourth-order valence-corrected chi connectivity index (χ4v) is 2.64. The van der Waals surface area contributed by atoms with Crippen molar-refractivity contribution >= 4 is 11.5 Å². The Morgan fingerprint density at radius 3 is 2.71 bits per heavy atom. The summed E-state index contributed by atoms with van der Waals surface area (Å²) in [5, 5.41) is 7.92. The third-order valence-corrected chi connectivity index (χ3v) is 3.76. The van der Waals surface area contributed by atoms with Gasteiger partial charge in [-0.1, -0.05) is 19.3 Å². The Morgan fingerprint density at radius 1 is 1.35 bits per heavy atom. The molecule has 0 aromatic carbocycles. The van der Waals surface area contributed by atoms with Crippen LogP contribution in [0, 0.1) is 12.8 Å². The van der Waals surface area contributed by atoms with Crippen LogP contribution in [0.5, 0.6) is 0 Å². The van der Waals surface area contributed by atoms with Crippen molar-refractivity contribution in [2.45, 2.75) is 52.5 Å². The van der Waals surface area contributed by atoms with Gasteiger partial charge in [0, 0.05) is 13.1 Å². The van der Waals surface area contributed by atoms with E-state index in [1.807, 2.05) is 11.6 Å². The summed E-state index contributed by atoms with van der Waals surface area (Å²) in [7, 11) is 0. The lowest BCUT2D eigenvalue weighted by atomic mass is 9.89. The first-order chi connectivity index (χ1) is 8.22. The lowest BCUT2D eigenvalue weighted by Crippen LogP contribution is -2.19. The zero-order valence-electron chi connectivity index (χ0n) is 11.0. The van der Waals surface area contributed by atoms with E-state index in [9.17, 15) is 0 Å². The minimum absolute atomic E-state index is 0.808. The van der Waals surface area contributed by atoms with Crippen LogP contribution in [0.15, 0.2) is 0 Å². The minimum atomic E-state index is 0.808. The second kappa shape index (κ2) is 5.43. The Kier molecular flexibility index (Phi) is 3.92. The number of nitrogen functional groups attached to an aromatic ring is 1. The van der Waals surface area contributed by atoms with Gasteiger partial charge in [0.2, 0.25) is 0 Å². The van der Waals surface area contributed by atoms with Gasteiger partial charge in [-0.15, -0.1) is 0 Å². The number of nitrogens with one attached hydrogen (secondary N) is 1. The molecule has 0 spiro atoms. The molecule has 2 rings (SSSR count). The van der Waals surface area contributed by atoms with Gasteiger partial charge in [-0.05, 0) is 32.6 Å². The molecule has 0 radical (unpaired) electrons. The molecule has 4 heteroatoms. The molecule has 0 saturated heterocycles. The largest absolute Gasteiger partial charge is 0.394 e. The molecule has 1 aromatic rings. The smallest absolute Gasteiger partial charge is 0.148 e. The van der Waals surface area contributed by atoms with Crippen LogP contribution in [0.25, 0.3) is 0 Å². The lowest BCUT2D eigenvalue weighted by molar-refractivity contribution is 0.372. The highest BCUT2D eigenvalue weighted by Gasteiger charge is 2.16. The van der Waals surface area contributed by atoms with Gasteiger partial charge in [-0.3, -0.25) is 0 Å². The van der Waals surface area contributed by atoms with E-state index in [0.717, 1.165) is 36.2 Å². The number of hydrogen-bond donors (Lipinski definition) is 2. The van der Waals surface area contributed by atoms with Gasteiger partial charge < -0.3 is 11.1 Å². The minimum Gasteiger partial charge on any atom is -0.394 e. The highest BCUT2D eigenvalue weighted by Crippen LogP contribution is 2.26. The van der Waals surface area contributed by atoms with Crippen LogP contribution in [-0.2, 0) is 6.54 Å². The van der Waals surface area contributed by atoms with Crippen LogP contribution in [0.4, 0.5) is 11.5 Å². The van der Waals surface area contributed by atoms with E-state index in [4.69, 9.17) is 5.73 Å². The molecule has 1 heterocycles. The average Bonchev–Trinajstić information content (AvgIpc) is 2.64. The standard InChI is InChI=1S/C13H24N4/c1-3-17-13(12(14)10(2)16-17)15-9-11-7-5-4-6-8-11/h11,15H,3-9,14H2,1-2H3. The third kappa shape index (κ3) is 2.73. The molecular weight excluding hydrogens is 212 g/mol. The lowest BCUT2D eigenvalue weighted by Gasteiger charge is -2.22. The number of rotatable bonds is 4. The van der Waals surface area contributed by atoms with Crippen molar-refractivity contribution in [2.24, 2.45) is 5.92 Å². The van der Waals surface area contributed by atoms with E-state index in [2.05, 4.69) is 17.3 Å². The van der Waals surface area contributed by atoms with Crippen molar-refractivity contribution in [3.8, 4) is 0 Å². The predicted octanol–water partition coefficient (Wildman–Crippen LogP) is 2.79. The Morgan fingerprint density at radius 2 is 2.06 bits per heavy atom. The van der Waals surface area contributed by atoms with E-state index in [1.165, 1.54) is 32.1 Å². The number of aromatic nitrogens is 2. The summed E-state index contributed by atoms with van der Waals surface area (Å²) < 4.78 is 1.97. The second-order valence-corrected chi connectivity index (χ2v) is 5.05. The topological polar surface area (TPSA) is 55.9 Å². The Hall–Kier alpha value is -1.19. The molecule has 1 fully saturated rings. The van der Waals surface area contributed by atoms with E-state index < -0.39 is 0 Å². The molecule has 0 bridgehead atoms. The Bertz CT molecular complexity index is 364. The first-order valence-electron chi connectivity index (χ1n) is 6.79. The maximum atomic E-state index is 6.05. The number of hydrogen-bond acceptors (Lipinski definition) is 3. The normalized spacial score (nSPS) is 17.3. The van der Waals surface area contributed by atoms with Gasteiger partial charge in [0.25, 0.3) is 0 Å². The van der Waals surface area contributed by atoms with Crippen molar-refractivity contribution in [3.05, 3.63) is 5.69 Å². The molecule has 1 saturated carbocycles. The number of anilines is 2. The second-order valence-electron chi connectivity index (χ2n) is 5.05. The Balaban J connectivity index is 1.97. The molecule has 0 amide bonds. The van der Waals surface area contributed by atoms with Gasteiger partial charge in [0.15, 0.2) is 0 Å². The fraction of sp³-hybridized carbons (Fsp3) is 0.769. The first kappa shape index (κ1) is 12.3. The maximum absolute atomic E-state index is 6.05. The quantitative estimate of drug-likeness (QED) is 0.845. The highest BCUT2D eigenvalue weighted by molar-refractivity contribution is 5.64. The zero-order chi connectivity index (χ0) is 12.3. The molecule has 0 unspecified atom stereocenters. The fourth-order valence-electron chi connectivity index (χ4n) is 2.64. The van der Waals surface area contributed by atoms with E-state index in [1.54, 1.807) is 0 Å². The van der Waals surface area contributed by atoms with Crippen LogP contribution in [0.3, 0.4) is 0 Å². The summed E-state index contributed by atoms with van der Waals surface area (Å²) in [5.41, 5.74) is 7.79. The van der Waals surface area contributed by atoms with E-state index in [-0.39, 0.29) is 0 Å². The summed E-state index contributed by atoms with van der Waals surface area (Å²) in [4.78, 5) is 0. The molecule has 0 atom stereocenters. The van der Waals surface area contributed by atoms with Crippen molar-refractivity contribution in [1.82, 2.24) is 9.78 Å². The van der Waals surface area contributed by atoms with Crippen molar-refractivity contribution in [2.75, 3.05) is 17.6 Å². The van der Waals surface area contributed by atoms with Crippen molar-refractivity contribution < 1.29 is 0 Å². The molecule has 4 nitrogen and oxygen atoms in total. The number of aryl methyl sites for hydroxylation is 2. The number of nitrogens with zero attached hydrogens (tertiary/aromatic N) is 2. The van der Waals surface area contributed by atoms with Crippen LogP contribution in [-0.4, -0.2) is 16.3 Å².